The van der Waals surface area contributed by atoms with E-state index in [1.807, 2.05) is 35.2 Å². The van der Waals surface area contributed by atoms with Gasteiger partial charge in [-0.15, -0.1) is 0 Å². The van der Waals surface area contributed by atoms with Crippen LogP contribution >= 0.6 is 0 Å². The summed E-state index contributed by atoms with van der Waals surface area (Å²) >= 11 is 0. The Morgan fingerprint density at radius 1 is 0.964 bits per heavy atom. The summed E-state index contributed by atoms with van der Waals surface area (Å²) in [6.45, 7) is 6.43. The van der Waals surface area contributed by atoms with E-state index >= 15 is 0 Å². The van der Waals surface area contributed by atoms with Crippen molar-refractivity contribution in [3.63, 3.8) is 0 Å². The Bertz CT molecular complexity index is 755. The molecule has 0 spiro atoms. The second kappa shape index (κ2) is 8.91. The van der Waals surface area contributed by atoms with Crippen LogP contribution in [0.15, 0.2) is 54.6 Å². The zero-order chi connectivity index (χ0) is 19.3. The third kappa shape index (κ3) is 4.30. The SMILES string of the molecule is CCCN(CC1CCN(C(=O)c2ccccc2)CC1)C1Cc2ccccc2C1. The lowest BCUT2D eigenvalue weighted by Gasteiger charge is -2.37. The number of likely N-dealkylation sites (tertiary alicyclic amines) is 1. The summed E-state index contributed by atoms with van der Waals surface area (Å²) in [6.07, 6.45) is 5.85. The molecule has 148 valence electrons. The Labute approximate surface area is 169 Å². The summed E-state index contributed by atoms with van der Waals surface area (Å²) in [6, 6.07) is 19.3. The van der Waals surface area contributed by atoms with Crippen molar-refractivity contribution in [1.82, 2.24) is 9.80 Å². The Balaban J connectivity index is 1.32. The van der Waals surface area contributed by atoms with Crippen LogP contribution in [0.1, 0.15) is 47.7 Å². The average molecular weight is 377 g/mol. The molecule has 1 heterocycles. The van der Waals surface area contributed by atoms with Crippen molar-refractivity contribution in [2.24, 2.45) is 5.92 Å². The number of rotatable bonds is 6. The van der Waals surface area contributed by atoms with Crippen molar-refractivity contribution in [1.29, 1.82) is 0 Å². The van der Waals surface area contributed by atoms with E-state index in [0.29, 0.717) is 12.0 Å². The molecule has 2 aromatic rings. The van der Waals surface area contributed by atoms with Crippen LogP contribution in [0.25, 0.3) is 0 Å². The van der Waals surface area contributed by atoms with Gasteiger partial charge in [0.1, 0.15) is 0 Å². The molecule has 0 bridgehead atoms. The lowest BCUT2D eigenvalue weighted by molar-refractivity contribution is 0.0649. The van der Waals surface area contributed by atoms with Gasteiger partial charge in [-0.05, 0) is 67.8 Å². The summed E-state index contributed by atoms with van der Waals surface area (Å²) in [4.78, 5) is 17.5. The molecule has 0 unspecified atom stereocenters. The number of amides is 1. The van der Waals surface area contributed by atoms with Gasteiger partial charge in [0.15, 0.2) is 0 Å². The number of hydrogen-bond acceptors (Lipinski definition) is 2. The minimum absolute atomic E-state index is 0.190. The Kier molecular flexibility index (Phi) is 6.11. The van der Waals surface area contributed by atoms with Crippen LogP contribution < -0.4 is 0 Å². The van der Waals surface area contributed by atoms with Gasteiger partial charge in [0.25, 0.3) is 5.91 Å². The highest BCUT2D eigenvalue weighted by Crippen LogP contribution is 2.28. The van der Waals surface area contributed by atoms with Crippen molar-refractivity contribution in [3.8, 4) is 0 Å². The van der Waals surface area contributed by atoms with Gasteiger partial charge in [-0.25, -0.2) is 0 Å². The molecule has 3 nitrogen and oxygen atoms in total. The maximum absolute atomic E-state index is 12.7. The zero-order valence-corrected chi connectivity index (χ0v) is 17.0. The maximum atomic E-state index is 12.7. The number of hydrogen-bond donors (Lipinski definition) is 0. The van der Waals surface area contributed by atoms with E-state index in [2.05, 4.69) is 36.1 Å². The first-order valence-corrected chi connectivity index (χ1v) is 10.9. The molecule has 28 heavy (non-hydrogen) atoms. The second-order valence-electron chi connectivity index (χ2n) is 8.43. The number of carbonyl (C=O) groups excluding carboxylic acids is 1. The fourth-order valence-electron chi connectivity index (χ4n) is 4.92. The number of carbonyl (C=O) groups is 1. The first-order valence-electron chi connectivity index (χ1n) is 10.9. The molecule has 1 saturated heterocycles. The normalized spacial score (nSPS) is 17.9. The molecule has 1 fully saturated rings. The molecular weight excluding hydrogens is 344 g/mol. The molecule has 0 atom stereocenters. The van der Waals surface area contributed by atoms with Crippen molar-refractivity contribution < 1.29 is 4.79 Å². The predicted molar refractivity (Wildman–Crippen MR) is 115 cm³/mol. The lowest BCUT2D eigenvalue weighted by atomic mass is 9.94. The van der Waals surface area contributed by atoms with Crippen LogP contribution in [-0.4, -0.2) is 47.9 Å². The van der Waals surface area contributed by atoms with Crippen LogP contribution in [0.5, 0.6) is 0 Å². The van der Waals surface area contributed by atoms with Crippen LogP contribution in [0.2, 0.25) is 0 Å². The van der Waals surface area contributed by atoms with E-state index in [4.69, 9.17) is 0 Å². The molecule has 2 aromatic carbocycles. The molecule has 3 heteroatoms. The summed E-state index contributed by atoms with van der Waals surface area (Å²) in [5, 5.41) is 0. The largest absolute Gasteiger partial charge is 0.339 e. The first-order chi connectivity index (χ1) is 13.7. The fraction of sp³-hybridized carbons (Fsp3) is 0.480. The smallest absolute Gasteiger partial charge is 0.253 e. The van der Waals surface area contributed by atoms with E-state index in [-0.39, 0.29) is 5.91 Å². The predicted octanol–water partition coefficient (Wildman–Crippen LogP) is 4.42. The highest BCUT2D eigenvalue weighted by Gasteiger charge is 2.30. The first kappa shape index (κ1) is 19.2. The molecule has 1 amide bonds. The minimum Gasteiger partial charge on any atom is -0.339 e. The van der Waals surface area contributed by atoms with Gasteiger partial charge in [-0.2, -0.15) is 0 Å². The topological polar surface area (TPSA) is 23.6 Å². The monoisotopic (exact) mass is 376 g/mol. The molecule has 0 saturated carbocycles. The van der Waals surface area contributed by atoms with Gasteiger partial charge in [-0.1, -0.05) is 49.4 Å². The Morgan fingerprint density at radius 2 is 1.57 bits per heavy atom. The zero-order valence-electron chi connectivity index (χ0n) is 17.0. The molecule has 2 aliphatic rings. The molecule has 1 aliphatic carbocycles. The van der Waals surface area contributed by atoms with E-state index < -0.39 is 0 Å². The van der Waals surface area contributed by atoms with Crippen LogP contribution in [0.4, 0.5) is 0 Å². The van der Waals surface area contributed by atoms with E-state index in [9.17, 15) is 4.79 Å². The quantitative estimate of drug-likeness (QED) is 0.745. The Hall–Kier alpha value is -2.13. The van der Waals surface area contributed by atoms with Gasteiger partial charge in [-0.3, -0.25) is 9.69 Å². The van der Waals surface area contributed by atoms with Crippen molar-refractivity contribution in [2.45, 2.75) is 45.1 Å². The van der Waals surface area contributed by atoms with Crippen LogP contribution in [0.3, 0.4) is 0 Å². The molecule has 0 N–H and O–H groups in total. The highest BCUT2D eigenvalue weighted by atomic mass is 16.2. The van der Waals surface area contributed by atoms with Crippen molar-refractivity contribution >= 4 is 5.91 Å². The summed E-state index contributed by atoms with van der Waals surface area (Å²) in [7, 11) is 0. The molecule has 0 aromatic heterocycles. The van der Waals surface area contributed by atoms with Gasteiger partial charge in [0.05, 0.1) is 0 Å². The molecular formula is C25H32N2O. The van der Waals surface area contributed by atoms with E-state index in [0.717, 1.165) is 31.5 Å². The second-order valence-corrected chi connectivity index (χ2v) is 8.43. The van der Waals surface area contributed by atoms with E-state index in [1.165, 1.54) is 43.5 Å². The van der Waals surface area contributed by atoms with Crippen molar-refractivity contribution in [2.75, 3.05) is 26.2 Å². The summed E-state index contributed by atoms with van der Waals surface area (Å²) in [5.41, 5.74) is 3.89. The standard InChI is InChI=1S/C25H32N2O/c1-2-14-27(24-17-22-10-6-7-11-23(22)18-24)19-20-12-15-26(16-13-20)25(28)21-8-4-3-5-9-21/h3-11,20,24H,2,12-19H2,1H3. The van der Waals surface area contributed by atoms with Gasteiger partial charge in [0.2, 0.25) is 0 Å². The summed E-state index contributed by atoms with van der Waals surface area (Å²) < 4.78 is 0. The van der Waals surface area contributed by atoms with Crippen LogP contribution in [0, 0.1) is 5.92 Å². The molecule has 0 radical (unpaired) electrons. The maximum Gasteiger partial charge on any atom is 0.253 e. The van der Waals surface area contributed by atoms with Gasteiger partial charge in [0, 0.05) is 31.2 Å². The fourth-order valence-corrected chi connectivity index (χ4v) is 4.92. The molecule has 1 aliphatic heterocycles. The van der Waals surface area contributed by atoms with Crippen molar-refractivity contribution in [3.05, 3.63) is 71.3 Å². The molecule has 4 rings (SSSR count). The summed E-state index contributed by atoms with van der Waals surface area (Å²) in [5.74, 6) is 0.894. The lowest BCUT2D eigenvalue weighted by Crippen LogP contribution is -2.44. The highest BCUT2D eigenvalue weighted by molar-refractivity contribution is 5.94. The number of piperidine rings is 1. The average Bonchev–Trinajstić information content (AvgIpc) is 3.18. The number of benzene rings is 2. The van der Waals surface area contributed by atoms with Gasteiger partial charge < -0.3 is 4.90 Å². The van der Waals surface area contributed by atoms with Crippen LogP contribution in [-0.2, 0) is 12.8 Å². The van der Waals surface area contributed by atoms with E-state index in [1.54, 1.807) is 0 Å². The number of fused-ring (bicyclic) bond motifs is 1. The number of nitrogens with zero attached hydrogens (tertiary/aromatic N) is 2. The minimum atomic E-state index is 0.190. The van der Waals surface area contributed by atoms with Gasteiger partial charge >= 0.3 is 0 Å². The third-order valence-corrected chi connectivity index (χ3v) is 6.47. The Morgan fingerprint density at radius 3 is 2.18 bits per heavy atom. The third-order valence-electron chi connectivity index (χ3n) is 6.47.